The Hall–Kier alpha value is -2.79. The number of rotatable bonds is 5. The van der Waals surface area contributed by atoms with Crippen LogP contribution in [0, 0.1) is 6.92 Å². The zero-order chi connectivity index (χ0) is 19.6. The number of furan rings is 1. The molecule has 140 valence electrons. The summed E-state index contributed by atoms with van der Waals surface area (Å²) < 4.78 is 5.70. The number of benzene rings is 2. The lowest BCUT2D eigenvalue weighted by Gasteiger charge is -2.18. The van der Waals surface area contributed by atoms with Crippen LogP contribution in [0.2, 0.25) is 5.02 Å². The van der Waals surface area contributed by atoms with Gasteiger partial charge in [0.25, 0.3) is 11.8 Å². The van der Waals surface area contributed by atoms with Gasteiger partial charge in [-0.15, -0.1) is 0 Å². The first-order valence-corrected chi connectivity index (χ1v) is 9.22. The Labute approximate surface area is 162 Å². The third-order valence-electron chi connectivity index (χ3n) is 4.54. The Bertz CT molecular complexity index is 1010. The van der Waals surface area contributed by atoms with Gasteiger partial charge < -0.3 is 14.6 Å². The van der Waals surface area contributed by atoms with E-state index in [9.17, 15) is 9.59 Å². The van der Waals surface area contributed by atoms with Gasteiger partial charge in [-0.05, 0) is 45.0 Å². The summed E-state index contributed by atoms with van der Waals surface area (Å²) in [6.45, 7) is 6.94. The van der Waals surface area contributed by atoms with Crippen molar-refractivity contribution in [3.63, 3.8) is 0 Å². The SMILES string of the molecule is CCN(CC)C(=O)c1cccc(NC(=O)c2oc3c(Cl)cccc3c2C)c1. The van der Waals surface area contributed by atoms with E-state index in [0.29, 0.717) is 34.9 Å². The van der Waals surface area contributed by atoms with Crippen molar-refractivity contribution in [2.24, 2.45) is 0 Å². The smallest absolute Gasteiger partial charge is 0.291 e. The number of fused-ring (bicyclic) bond motifs is 1. The van der Waals surface area contributed by atoms with Gasteiger partial charge >= 0.3 is 0 Å². The fourth-order valence-electron chi connectivity index (χ4n) is 3.04. The number of para-hydroxylation sites is 1. The lowest BCUT2D eigenvalue weighted by Crippen LogP contribution is -2.30. The molecule has 0 radical (unpaired) electrons. The zero-order valence-corrected chi connectivity index (χ0v) is 16.3. The molecule has 0 saturated carbocycles. The van der Waals surface area contributed by atoms with E-state index in [1.165, 1.54) is 0 Å². The second kappa shape index (κ2) is 7.84. The van der Waals surface area contributed by atoms with Gasteiger partial charge in [-0.2, -0.15) is 0 Å². The van der Waals surface area contributed by atoms with Gasteiger partial charge in [-0.1, -0.05) is 29.8 Å². The van der Waals surface area contributed by atoms with Crippen molar-refractivity contribution in [1.82, 2.24) is 4.90 Å². The molecule has 0 fully saturated rings. The predicted molar refractivity (Wildman–Crippen MR) is 108 cm³/mol. The lowest BCUT2D eigenvalue weighted by molar-refractivity contribution is 0.0772. The highest BCUT2D eigenvalue weighted by molar-refractivity contribution is 6.35. The average Bonchev–Trinajstić information content (AvgIpc) is 3.01. The molecule has 6 heteroatoms. The third-order valence-corrected chi connectivity index (χ3v) is 4.84. The largest absolute Gasteiger partial charge is 0.449 e. The van der Waals surface area contributed by atoms with Crippen LogP contribution in [0.1, 0.15) is 40.3 Å². The molecule has 1 heterocycles. The summed E-state index contributed by atoms with van der Waals surface area (Å²) in [5, 5.41) is 4.07. The maximum Gasteiger partial charge on any atom is 0.291 e. The van der Waals surface area contributed by atoms with Crippen LogP contribution in [0.4, 0.5) is 5.69 Å². The molecule has 0 aliphatic heterocycles. The minimum absolute atomic E-state index is 0.0669. The molecule has 5 nitrogen and oxygen atoms in total. The first kappa shape index (κ1) is 19.0. The molecule has 2 amide bonds. The summed E-state index contributed by atoms with van der Waals surface area (Å²) in [5.41, 5.74) is 2.28. The molecule has 0 aliphatic carbocycles. The van der Waals surface area contributed by atoms with E-state index < -0.39 is 0 Å². The molecule has 0 spiro atoms. The van der Waals surface area contributed by atoms with E-state index in [0.717, 1.165) is 10.9 Å². The van der Waals surface area contributed by atoms with E-state index in [4.69, 9.17) is 16.0 Å². The number of anilines is 1. The monoisotopic (exact) mass is 384 g/mol. The van der Waals surface area contributed by atoms with Crippen LogP contribution in [0.5, 0.6) is 0 Å². The fourth-order valence-corrected chi connectivity index (χ4v) is 3.25. The maximum atomic E-state index is 12.7. The molecule has 3 aromatic rings. The number of hydrogen-bond acceptors (Lipinski definition) is 3. The van der Waals surface area contributed by atoms with Crippen molar-refractivity contribution in [3.8, 4) is 0 Å². The molecular formula is C21H21ClN2O3. The standard InChI is InChI=1S/C21H21ClN2O3/c1-4-24(5-2)21(26)14-8-6-9-15(12-14)23-20(25)18-13(3)16-10-7-11-17(22)19(16)27-18/h6-12H,4-5H2,1-3H3,(H,23,25). The molecule has 3 rings (SSSR count). The summed E-state index contributed by atoms with van der Waals surface area (Å²) in [6.07, 6.45) is 0. The van der Waals surface area contributed by atoms with Crippen LogP contribution in [-0.2, 0) is 0 Å². The number of carbonyl (C=O) groups is 2. The molecule has 1 N–H and O–H groups in total. The molecule has 0 bridgehead atoms. The molecular weight excluding hydrogens is 364 g/mol. The van der Waals surface area contributed by atoms with E-state index in [-0.39, 0.29) is 17.6 Å². The predicted octanol–water partition coefficient (Wildman–Crippen LogP) is 5.13. The highest BCUT2D eigenvalue weighted by Crippen LogP contribution is 2.31. The maximum absolute atomic E-state index is 12.7. The van der Waals surface area contributed by atoms with Crippen molar-refractivity contribution >= 4 is 40.1 Å². The molecule has 0 unspecified atom stereocenters. The van der Waals surface area contributed by atoms with Gasteiger partial charge in [0.15, 0.2) is 11.3 Å². The van der Waals surface area contributed by atoms with Crippen LogP contribution in [0.25, 0.3) is 11.0 Å². The fraction of sp³-hybridized carbons (Fsp3) is 0.238. The second-order valence-corrected chi connectivity index (χ2v) is 6.59. The van der Waals surface area contributed by atoms with Crippen LogP contribution in [-0.4, -0.2) is 29.8 Å². The molecule has 0 aliphatic rings. The van der Waals surface area contributed by atoms with Crippen LogP contribution < -0.4 is 5.32 Å². The quantitative estimate of drug-likeness (QED) is 0.663. The number of nitrogens with zero attached hydrogens (tertiary/aromatic N) is 1. The number of halogens is 1. The Morgan fingerprint density at radius 3 is 2.48 bits per heavy atom. The number of amides is 2. The lowest BCUT2D eigenvalue weighted by atomic mass is 10.1. The molecule has 27 heavy (non-hydrogen) atoms. The summed E-state index contributed by atoms with van der Waals surface area (Å²) in [4.78, 5) is 26.9. The zero-order valence-electron chi connectivity index (χ0n) is 15.5. The number of hydrogen-bond donors (Lipinski definition) is 1. The number of aryl methyl sites for hydroxylation is 1. The number of carbonyl (C=O) groups excluding carboxylic acids is 2. The third kappa shape index (κ3) is 3.69. The van der Waals surface area contributed by atoms with Gasteiger partial charge in [-0.3, -0.25) is 9.59 Å². The van der Waals surface area contributed by atoms with Crippen LogP contribution >= 0.6 is 11.6 Å². The van der Waals surface area contributed by atoms with Gasteiger partial charge in [0, 0.05) is 35.3 Å². The van der Waals surface area contributed by atoms with Crippen molar-refractivity contribution in [1.29, 1.82) is 0 Å². The Balaban J connectivity index is 1.87. The van der Waals surface area contributed by atoms with E-state index in [1.54, 1.807) is 35.2 Å². The van der Waals surface area contributed by atoms with Crippen LogP contribution in [0.15, 0.2) is 46.9 Å². The first-order chi connectivity index (χ1) is 13.0. The number of nitrogens with one attached hydrogen (secondary N) is 1. The molecule has 2 aromatic carbocycles. The minimum atomic E-state index is -0.382. The van der Waals surface area contributed by atoms with E-state index in [1.807, 2.05) is 32.9 Å². The molecule has 0 atom stereocenters. The normalized spacial score (nSPS) is 10.8. The Morgan fingerprint density at radius 1 is 1.11 bits per heavy atom. The second-order valence-electron chi connectivity index (χ2n) is 6.19. The van der Waals surface area contributed by atoms with E-state index in [2.05, 4.69) is 5.32 Å². The Kier molecular flexibility index (Phi) is 5.51. The van der Waals surface area contributed by atoms with E-state index >= 15 is 0 Å². The van der Waals surface area contributed by atoms with Crippen molar-refractivity contribution in [3.05, 3.63) is 64.4 Å². The minimum Gasteiger partial charge on any atom is -0.449 e. The van der Waals surface area contributed by atoms with Crippen molar-refractivity contribution in [2.45, 2.75) is 20.8 Å². The molecule has 1 aromatic heterocycles. The van der Waals surface area contributed by atoms with Gasteiger partial charge in [-0.25, -0.2) is 0 Å². The highest BCUT2D eigenvalue weighted by atomic mass is 35.5. The van der Waals surface area contributed by atoms with Crippen molar-refractivity contribution in [2.75, 3.05) is 18.4 Å². The summed E-state index contributed by atoms with van der Waals surface area (Å²) in [6, 6.07) is 12.3. The topological polar surface area (TPSA) is 62.6 Å². The summed E-state index contributed by atoms with van der Waals surface area (Å²) in [7, 11) is 0. The van der Waals surface area contributed by atoms with Gasteiger partial charge in [0.05, 0.1) is 5.02 Å². The van der Waals surface area contributed by atoms with Gasteiger partial charge in [0.2, 0.25) is 0 Å². The highest BCUT2D eigenvalue weighted by Gasteiger charge is 2.20. The molecule has 0 saturated heterocycles. The summed E-state index contributed by atoms with van der Waals surface area (Å²) in [5.74, 6) is -0.242. The van der Waals surface area contributed by atoms with Crippen LogP contribution in [0.3, 0.4) is 0 Å². The Morgan fingerprint density at radius 2 is 1.81 bits per heavy atom. The summed E-state index contributed by atoms with van der Waals surface area (Å²) >= 11 is 6.15. The van der Waals surface area contributed by atoms with Crippen molar-refractivity contribution < 1.29 is 14.0 Å². The first-order valence-electron chi connectivity index (χ1n) is 8.84. The van der Waals surface area contributed by atoms with Gasteiger partial charge in [0.1, 0.15) is 0 Å². The average molecular weight is 385 g/mol.